The van der Waals surface area contributed by atoms with Crippen LogP contribution in [0.4, 0.5) is 4.79 Å². The summed E-state index contributed by atoms with van der Waals surface area (Å²) in [6.07, 6.45) is 1.02. The molecule has 118 valence electrons. The number of carbonyl (C=O) groups is 2. The highest BCUT2D eigenvalue weighted by atomic mass is 16.7. The third-order valence-electron chi connectivity index (χ3n) is 4.82. The molecule has 0 aromatic carbocycles. The Labute approximate surface area is 124 Å². The van der Waals surface area contributed by atoms with Gasteiger partial charge in [0, 0.05) is 25.2 Å². The van der Waals surface area contributed by atoms with Gasteiger partial charge < -0.3 is 18.9 Å². The van der Waals surface area contributed by atoms with Crippen LogP contribution in [0.2, 0.25) is 0 Å². The van der Waals surface area contributed by atoms with Crippen molar-refractivity contribution in [3.63, 3.8) is 0 Å². The minimum Gasteiger partial charge on any atom is -0.438 e. The lowest BCUT2D eigenvalue weighted by Crippen LogP contribution is -2.48. The van der Waals surface area contributed by atoms with Crippen LogP contribution in [0.5, 0.6) is 0 Å². The quantitative estimate of drug-likeness (QED) is 0.690. The monoisotopic (exact) mass is 298 g/mol. The molecule has 0 radical (unpaired) electrons. The fraction of sp³-hybridized carbons (Fsp3) is 0.867. The molecule has 0 aromatic rings. The summed E-state index contributed by atoms with van der Waals surface area (Å²) in [5, 5.41) is 0. The van der Waals surface area contributed by atoms with Crippen molar-refractivity contribution >= 4 is 11.9 Å². The Bertz CT molecular complexity index is 459. The first-order valence-corrected chi connectivity index (χ1v) is 7.46. The SMILES string of the molecule is COC(=O)OC1C(=O)C[C@H]2CC3(C[C@@H]12)OCCC(C)(C)O3. The van der Waals surface area contributed by atoms with E-state index in [1.54, 1.807) is 0 Å². The molecule has 4 atom stereocenters. The van der Waals surface area contributed by atoms with Gasteiger partial charge in [0.2, 0.25) is 0 Å². The predicted molar refractivity (Wildman–Crippen MR) is 71.6 cm³/mol. The van der Waals surface area contributed by atoms with E-state index in [9.17, 15) is 9.59 Å². The van der Waals surface area contributed by atoms with Gasteiger partial charge in [0.15, 0.2) is 17.7 Å². The molecular weight excluding hydrogens is 276 g/mol. The first kappa shape index (κ1) is 14.8. The number of ether oxygens (including phenoxy) is 4. The number of carbonyl (C=O) groups excluding carboxylic acids is 2. The van der Waals surface area contributed by atoms with Crippen molar-refractivity contribution in [1.82, 2.24) is 0 Å². The normalized spacial score (nSPS) is 41.1. The first-order chi connectivity index (χ1) is 9.84. The van der Waals surface area contributed by atoms with Crippen LogP contribution in [0.1, 0.15) is 39.5 Å². The van der Waals surface area contributed by atoms with E-state index in [1.807, 2.05) is 0 Å². The molecule has 6 nitrogen and oxygen atoms in total. The number of ketones is 1. The summed E-state index contributed by atoms with van der Waals surface area (Å²) in [5.74, 6) is -0.540. The van der Waals surface area contributed by atoms with Crippen molar-refractivity contribution in [3.8, 4) is 0 Å². The van der Waals surface area contributed by atoms with Crippen LogP contribution in [0.25, 0.3) is 0 Å². The number of Topliss-reactive ketones (excluding diaryl/α,β-unsaturated/α-hetero) is 1. The molecule has 2 saturated carbocycles. The standard InChI is InChI=1S/C15H22O6/c1-14(2)4-5-19-15(21-14)7-9-6-11(16)12(10(9)8-15)20-13(17)18-3/h9-10,12H,4-8H2,1-3H3/t9-,10+,12?,15?/m0/s1. The van der Waals surface area contributed by atoms with Crippen LogP contribution in [0.3, 0.4) is 0 Å². The third-order valence-corrected chi connectivity index (χ3v) is 4.82. The summed E-state index contributed by atoms with van der Waals surface area (Å²) < 4.78 is 21.7. The minimum absolute atomic E-state index is 0.0275. The van der Waals surface area contributed by atoms with E-state index in [0.717, 1.165) is 6.42 Å². The zero-order valence-corrected chi connectivity index (χ0v) is 12.7. The van der Waals surface area contributed by atoms with E-state index in [0.29, 0.717) is 25.9 Å². The topological polar surface area (TPSA) is 71.1 Å². The number of fused-ring (bicyclic) bond motifs is 1. The number of rotatable bonds is 1. The summed E-state index contributed by atoms with van der Waals surface area (Å²) in [4.78, 5) is 23.3. The molecule has 21 heavy (non-hydrogen) atoms. The Morgan fingerprint density at radius 2 is 2.10 bits per heavy atom. The summed E-state index contributed by atoms with van der Waals surface area (Å²) in [7, 11) is 1.24. The lowest BCUT2D eigenvalue weighted by molar-refractivity contribution is -0.318. The highest BCUT2D eigenvalue weighted by Crippen LogP contribution is 2.53. The third kappa shape index (κ3) is 2.66. The van der Waals surface area contributed by atoms with Crippen LogP contribution >= 0.6 is 0 Å². The van der Waals surface area contributed by atoms with Crippen molar-refractivity contribution in [2.24, 2.45) is 11.8 Å². The molecule has 1 spiro atoms. The molecule has 1 heterocycles. The maximum absolute atomic E-state index is 12.0. The van der Waals surface area contributed by atoms with Crippen LogP contribution in [0, 0.1) is 11.8 Å². The van der Waals surface area contributed by atoms with Gasteiger partial charge >= 0.3 is 6.16 Å². The summed E-state index contributed by atoms with van der Waals surface area (Å²) in [6, 6.07) is 0. The minimum atomic E-state index is -0.805. The fourth-order valence-electron chi connectivity index (χ4n) is 3.92. The van der Waals surface area contributed by atoms with Crippen molar-refractivity contribution in [1.29, 1.82) is 0 Å². The van der Waals surface area contributed by atoms with Gasteiger partial charge in [0.25, 0.3) is 0 Å². The maximum atomic E-state index is 12.0. The van der Waals surface area contributed by atoms with Crippen molar-refractivity contribution < 1.29 is 28.5 Å². The second kappa shape index (κ2) is 4.95. The summed E-state index contributed by atoms with van der Waals surface area (Å²) >= 11 is 0. The van der Waals surface area contributed by atoms with Gasteiger partial charge in [-0.2, -0.15) is 0 Å². The number of hydrogen-bond acceptors (Lipinski definition) is 6. The molecule has 6 heteroatoms. The van der Waals surface area contributed by atoms with Crippen molar-refractivity contribution in [3.05, 3.63) is 0 Å². The average molecular weight is 298 g/mol. The number of hydrogen-bond donors (Lipinski definition) is 0. The van der Waals surface area contributed by atoms with E-state index in [4.69, 9.17) is 14.2 Å². The van der Waals surface area contributed by atoms with Crippen molar-refractivity contribution in [2.75, 3.05) is 13.7 Å². The maximum Gasteiger partial charge on any atom is 0.508 e. The molecule has 0 aromatic heterocycles. The fourth-order valence-corrected chi connectivity index (χ4v) is 3.92. The average Bonchev–Trinajstić information content (AvgIpc) is 2.83. The molecule has 0 N–H and O–H groups in total. The van der Waals surface area contributed by atoms with Crippen LogP contribution in [0.15, 0.2) is 0 Å². The molecule has 3 fully saturated rings. The van der Waals surface area contributed by atoms with Crippen LogP contribution in [-0.4, -0.2) is 43.1 Å². The van der Waals surface area contributed by atoms with E-state index < -0.39 is 18.0 Å². The van der Waals surface area contributed by atoms with E-state index in [1.165, 1.54) is 7.11 Å². The zero-order valence-electron chi connectivity index (χ0n) is 12.7. The van der Waals surface area contributed by atoms with Gasteiger partial charge in [-0.05, 0) is 26.2 Å². The highest BCUT2D eigenvalue weighted by molar-refractivity contribution is 5.87. The second-order valence-corrected chi connectivity index (χ2v) is 6.87. The van der Waals surface area contributed by atoms with Gasteiger partial charge in [-0.3, -0.25) is 4.79 Å². The molecule has 1 aliphatic heterocycles. The predicted octanol–water partition coefficient (Wildman–Crippen LogP) is 2.05. The summed E-state index contributed by atoms with van der Waals surface area (Å²) in [5.41, 5.74) is -0.223. The molecule has 2 unspecified atom stereocenters. The molecule has 1 saturated heterocycles. The van der Waals surface area contributed by atoms with Gasteiger partial charge in [0.1, 0.15) is 0 Å². The molecule has 3 aliphatic rings. The largest absolute Gasteiger partial charge is 0.508 e. The Kier molecular flexibility index (Phi) is 3.48. The van der Waals surface area contributed by atoms with Gasteiger partial charge in [0.05, 0.1) is 19.3 Å². The van der Waals surface area contributed by atoms with Crippen molar-refractivity contribution in [2.45, 2.75) is 57.0 Å². The van der Waals surface area contributed by atoms with E-state index >= 15 is 0 Å². The highest BCUT2D eigenvalue weighted by Gasteiger charge is 2.59. The lowest BCUT2D eigenvalue weighted by atomic mass is 9.99. The van der Waals surface area contributed by atoms with Crippen LogP contribution in [-0.2, 0) is 23.7 Å². The molecule has 3 rings (SSSR count). The Morgan fingerprint density at radius 1 is 1.33 bits per heavy atom. The van der Waals surface area contributed by atoms with E-state index in [-0.39, 0.29) is 23.2 Å². The van der Waals surface area contributed by atoms with Gasteiger partial charge in [-0.15, -0.1) is 0 Å². The molecule has 2 aliphatic carbocycles. The smallest absolute Gasteiger partial charge is 0.438 e. The Balaban J connectivity index is 1.74. The first-order valence-electron chi connectivity index (χ1n) is 7.46. The number of methoxy groups -OCH3 is 1. The Hall–Kier alpha value is -1.14. The van der Waals surface area contributed by atoms with Crippen LogP contribution < -0.4 is 0 Å². The molecular formula is C15H22O6. The van der Waals surface area contributed by atoms with E-state index in [2.05, 4.69) is 18.6 Å². The molecule has 0 amide bonds. The van der Waals surface area contributed by atoms with Gasteiger partial charge in [-0.25, -0.2) is 4.79 Å². The van der Waals surface area contributed by atoms with Gasteiger partial charge in [-0.1, -0.05) is 0 Å². The Morgan fingerprint density at radius 3 is 2.76 bits per heavy atom. The lowest BCUT2D eigenvalue weighted by Gasteiger charge is -2.43. The zero-order chi connectivity index (χ0) is 15.3. The second-order valence-electron chi connectivity index (χ2n) is 6.87. The molecule has 0 bridgehead atoms. The summed E-state index contributed by atoms with van der Waals surface area (Å²) in [6.45, 7) is 4.76.